The number of amides is 1. The van der Waals surface area contributed by atoms with Crippen LogP contribution in [0, 0.1) is 19.8 Å². The van der Waals surface area contributed by atoms with Gasteiger partial charge in [0.2, 0.25) is 5.91 Å². The molecule has 5 heteroatoms. The number of thiazole rings is 1. The van der Waals surface area contributed by atoms with Crippen molar-refractivity contribution in [2.45, 2.75) is 39.3 Å². The molecular weight excluding hydrogens is 320 g/mol. The highest BCUT2D eigenvalue weighted by Crippen LogP contribution is 2.35. The molecule has 0 N–H and O–H groups in total. The van der Waals surface area contributed by atoms with E-state index in [4.69, 9.17) is 4.74 Å². The maximum atomic E-state index is 13.0. The lowest BCUT2D eigenvalue weighted by atomic mass is 9.88. The third-order valence-corrected chi connectivity index (χ3v) is 5.41. The van der Waals surface area contributed by atoms with Crippen molar-refractivity contribution in [3.63, 3.8) is 0 Å². The topological polar surface area (TPSA) is 42.4 Å². The van der Waals surface area contributed by atoms with E-state index in [0.29, 0.717) is 6.54 Å². The molecule has 24 heavy (non-hydrogen) atoms. The lowest BCUT2D eigenvalue weighted by molar-refractivity contribution is -0.144. The zero-order valence-electron chi connectivity index (χ0n) is 14.5. The second kappa shape index (κ2) is 7.45. The Balaban J connectivity index is 1.74. The van der Waals surface area contributed by atoms with Crippen LogP contribution in [0.2, 0.25) is 0 Å². The van der Waals surface area contributed by atoms with Crippen molar-refractivity contribution in [3.05, 3.63) is 51.5 Å². The number of aryl methyl sites for hydroxylation is 2. The van der Waals surface area contributed by atoms with Crippen LogP contribution in [-0.4, -0.2) is 29.4 Å². The predicted molar refractivity (Wildman–Crippen MR) is 95.9 cm³/mol. The summed E-state index contributed by atoms with van der Waals surface area (Å²) in [6.45, 7) is 5.33. The Morgan fingerprint density at radius 3 is 2.75 bits per heavy atom. The van der Waals surface area contributed by atoms with Crippen LogP contribution >= 0.6 is 11.3 Å². The van der Waals surface area contributed by atoms with Gasteiger partial charge in [0, 0.05) is 24.7 Å². The molecule has 0 unspecified atom stereocenters. The monoisotopic (exact) mass is 344 g/mol. The average molecular weight is 344 g/mol. The quantitative estimate of drug-likeness (QED) is 0.845. The summed E-state index contributed by atoms with van der Waals surface area (Å²) in [4.78, 5) is 19.2. The zero-order valence-corrected chi connectivity index (χ0v) is 15.3. The second-order valence-corrected chi connectivity index (χ2v) is 7.47. The Morgan fingerprint density at radius 1 is 1.33 bits per heavy atom. The van der Waals surface area contributed by atoms with Gasteiger partial charge < -0.3 is 9.64 Å². The van der Waals surface area contributed by atoms with E-state index < -0.39 is 0 Å². The standard InChI is InChI=1S/C19H24N2O2S/c1-13-6-8-15(9-7-13)18-16(5-4-10-23-18)19(22)21(3)11-17-20-14(2)12-24-17/h6-9,12,16,18H,4-5,10-11H2,1-3H3/t16-,18+/m0/s1. The van der Waals surface area contributed by atoms with E-state index in [9.17, 15) is 4.79 Å². The van der Waals surface area contributed by atoms with Gasteiger partial charge in [0.25, 0.3) is 0 Å². The Bertz CT molecular complexity index is 696. The van der Waals surface area contributed by atoms with E-state index in [1.54, 1.807) is 16.2 Å². The fourth-order valence-corrected chi connectivity index (χ4v) is 3.98. The van der Waals surface area contributed by atoms with Crippen LogP contribution in [0.3, 0.4) is 0 Å². The van der Waals surface area contributed by atoms with Gasteiger partial charge in [0.1, 0.15) is 5.01 Å². The first kappa shape index (κ1) is 17.1. The molecule has 2 aromatic rings. The van der Waals surface area contributed by atoms with Crippen LogP contribution in [0.1, 0.15) is 40.8 Å². The number of carbonyl (C=O) groups excluding carboxylic acids is 1. The Labute approximate surface area is 147 Å². The summed E-state index contributed by atoms with van der Waals surface area (Å²) >= 11 is 1.60. The molecule has 1 aromatic carbocycles. The van der Waals surface area contributed by atoms with E-state index in [1.165, 1.54) is 5.56 Å². The van der Waals surface area contributed by atoms with Crippen molar-refractivity contribution in [1.29, 1.82) is 0 Å². The van der Waals surface area contributed by atoms with Gasteiger partial charge in [-0.15, -0.1) is 11.3 Å². The molecule has 1 fully saturated rings. The molecule has 1 saturated heterocycles. The van der Waals surface area contributed by atoms with Crippen LogP contribution in [0.15, 0.2) is 29.6 Å². The molecule has 3 rings (SSSR count). The van der Waals surface area contributed by atoms with Crippen molar-refractivity contribution >= 4 is 17.2 Å². The van der Waals surface area contributed by atoms with Gasteiger partial charge in [0.05, 0.1) is 18.6 Å². The largest absolute Gasteiger partial charge is 0.373 e. The van der Waals surface area contributed by atoms with Gasteiger partial charge in [-0.05, 0) is 32.3 Å². The van der Waals surface area contributed by atoms with Crippen molar-refractivity contribution < 1.29 is 9.53 Å². The minimum atomic E-state index is -0.146. The summed E-state index contributed by atoms with van der Waals surface area (Å²) in [5.41, 5.74) is 3.32. The summed E-state index contributed by atoms with van der Waals surface area (Å²) in [6.07, 6.45) is 1.66. The summed E-state index contributed by atoms with van der Waals surface area (Å²) in [5, 5.41) is 3.00. The highest BCUT2D eigenvalue weighted by Gasteiger charge is 2.34. The Hall–Kier alpha value is -1.72. The number of nitrogens with zero attached hydrogens (tertiary/aromatic N) is 2. The lowest BCUT2D eigenvalue weighted by Crippen LogP contribution is -2.38. The lowest BCUT2D eigenvalue weighted by Gasteiger charge is -2.33. The summed E-state index contributed by atoms with van der Waals surface area (Å²) in [7, 11) is 1.86. The molecule has 0 saturated carbocycles. The van der Waals surface area contributed by atoms with E-state index in [-0.39, 0.29) is 17.9 Å². The number of carbonyl (C=O) groups is 1. The van der Waals surface area contributed by atoms with Gasteiger partial charge in [-0.25, -0.2) is 4.98 Å². The number of aromatic nitrogens is 1. The van der Waals surface area contributed by atoms with Crippen LogP contribution in [0.25, 0.3) is 0 Å². The van der Waals surface area contributed by atoms with Gasteiger partial charge in [-0.2, -0.15) is 0 Å². The molecule has 0 aliphatic carbocycles. The number of benzene rings is 1. The van der Waals surface area contributed by atoms with Crippen molar-refractivity contribution in [2.75, 3.05) is 13.7 Å². The molecule has 0 bridgehead atoms. The first-order valence-electron chi connectivity index (χ1n) is 8.39. The smallest absolute Gasteiger partial charge is 0.228 e. The fraction of sp³-hybridized carbons (Fsp3) is 0.474. The first-order chi connectivity index (χ1) is 11.5. The molecule has 1 aromatic heterocycles. The minimum Gasteiger partial charge on any atom is -0.373 e. The molecule has 128 valence electrons. The number of hydrogen-bond acceptors (Lipinski definition) is 4. The minimum absolute atomic E-state index is 0.118. The summed E-state index contributed by atoms with van der Waals surface area (Å²) in [5.74, 6) is 0.0284. The van der Waals surface area contributed by atoms with Gasteiger partial charge in [0.15, 0.2) is 0 Å². The van der Waals surface area contributed by atoms with E-state index in [1.807, 2.05) is 19.4 Å². The Kier molecular flexibility index (Phi) is 5.31. The molecule has 2 heterocycles. The van der Waals surface area contributed by atoms with Crippen LogP contribution < -0.4 is 0 Å². The molecular formula is C19H24N2O2S. The maximum Gasteiger partial charge on any atom is 0.228 e. The average Bonchev–Trinajstić information content (AvgIpc) is 3.00. The Morgan fingerprint density at radius 2 is 2.08 bits per heavy atom. The van der Waals surface area contributed by atoms with Crippen LogP contribution in [0.4, 0.5) is 0 Å². The predicted octanol–water partition coefficient (Wildman–Crippen LogP) is 3.89. The number of hydrogen-bond donors (Lipinski definition) is 0. The van der Waals surface area contributed by atoms with Crippen molar-refractivity contribution in [1.82, 2.24) is 9.88 Å². The molecule has 4 nitrogen and oxygen atoms in total. The van der Waals surface area contributed by atoms with Crippen LogP contribution in [0.5, 0.6) is 0 Å². The maximum absolute atomic E-state index is 13.0. The van der Waals surface area contributed by atoms with Crippen molar-refractivity contribution in [3.8, 4) is 0 Å². The number of ether oxygens (including phenoxy) is 1. The highest BCUT2D eigenvalue weighted by atomic mass is 32.1. The third-order valence-electron chi connectivity index (χ3n) is 4.46. The zero-order chi connectivity index (χ0) is 17.1. The number of rotatable bonds is 4. The van der Waals surface area contributed by atoms with Gasteiger partial charge >= 0.3 is 0 Å². The summed E-state index contributed by atoms with van der Waals surface area (Å²) in [6, 6.07) is 8.32. The first-order valence-corrected chi connectivity index (χ1v) is 9.26. The molecule has 1 amide bonds. The van der Waals surface area contributed by atoms with Gasteiger partial charge in [-0.3, -0.25) is 4.79 Å². The molecule has 1 aliphatic rings. The normalized spacial score (nSPS) is 20.8. The van der Waals surface area contributed by atoms with E-state index >= 15 is 0 Å². The van der Waals surface area contributed by atoms with E-state index in [0.717, 1.165) is 35.7 Å². The van der Waals surface area contributed by atoms with Crippen LogP contribution in [-0.2, 0) is 16.1 Å². The fourth-order valence-electron chi connectivity index (χ4n) is 3.16. The molecule has 0 radical (unpaired) electrons. The molecule has 2 atom stereocenters. The molecule has 1 aliphatic heterocycles. The second-order valence-electron chi connectivity index (χ2n) is 6.53. The molecule has 0 spiro atoms. The van der Waals surface area contributed by atoms with Gasteiger partial charge in [-0.1, -0.05) is 29.8 Å². The van der Waals surface area contributed by atoms with Crippen molar-refractivity contribution in [2.24, 2.45) is 5.92 Å². The summed E-state index contributed by atoms with van der Waals surface area (Å²) < 4.78 is 5.98. The van der Waals surface area contributed by atoms with E-state index in [2.05, 4.69) is 36.2 Å². The SMILES string of the molecule is Cc1ccc([C@H]2OCCC[C@@H]2C(=O)N(C)Cc2nc(C)cs2)cc1. The third kappa shape index (κ3) is 3.84. The highest BCUT2D eigenvalue weighted by molar-refractivity contribution is 7.09.